The number of Topliss-reactive ketones (excluding diaryl/α,β-unsaturated/α-hetero) is 2. The van der Waals surface area contributed by atoms with Gasteiger partial charge in [0.15, 0.2) is 9.95 Å². The molecular weight excluding hydrogens is 256 g/mol. The number of carbonyl (C=O) groups excluding carboxylic acids is 2. The highest BCUT2D eigenvalue weighted by Gasteiger charge is 2.33. The molecule has 20 heavy (non-hydrogen) atoms. The maximum Gasteiger partial charge on any atom is 0.385 e. The van der Waals surface area contributed by atoms with Gasteiger partial charge in [0.05, 0.1) is 0 Å². The number of hydrogen-bond donors (Lipinski definition) is 0. The Morgan fingerprint density at radius 1 is 0.650 bits per heavy atom. The number of carbonyl (C=O) groups is 2. The molecule has 3 rings (SSSR count). The Kier molecular flexibility index (Phi) is 2.38. The summed E-state index contributed by atoms with van der Waals surface area (Å²) in [5, 5.41) is 17.5. The molecule has 0 amide bonds. The van der Waals surface area contributed by atoms with Crippen molar-refractivity contribution in [1.29, 1.82) is 10.8 Å². The van der Waals surface area contributed by atoms with Gasteiger partial charge < -0.3 is 0 Å². The van der Waals surface area contributed by atoms with E-state index in [-0.39, 0.29) is 22.5 Å². The van der Waals surface area contributed by atoms with Crippen molar-refractivity contribution in [2.45, 2.75) is 0 Å². The first-order valence-corrected chi connectivity index (χ1v) is 5.73. The smallest absolute Gasteiger partial charge is 0.285 e. The van der Waals surface area contributed by atoms with E-state index in [4.69, 9.17) is 10.8 Å². The van der Waals surface area contributed by atoms with Gasteiger partial charge >= 0.3 is 11.4 Å². The number of hydrogen-bond acceptors (Lipinski definition) is 4. The van der Waals surface area contributed by atoms with E-state index in [2.05, 4.69) is 9.95 Å². The third-order valence-electron chi connectivity index (χ3n) is 3.22. The summed E-state index contributed by atoms with van der Waals surface area (Å²) in [6.45, 7) is 0. The van der Waals surface area contributed by atoms with Crippen molar-refractivity contribution in [1.82, 2.24) is 0 Å². The lowest BCUT2D eigenvalue weighted by Gasteiger charge is -2.15. The van der Waals surface area contributed by atoms with Crippen molar-refractivity contribution >= 4 is 22.9 Å². The van der Waals surface area contributed by atoms with Gasteiger partial charge in [-0.15, -0.1) is 0 Å². The van der Waals surface area contributed by atoms with Gasteiger partial charge in [-0.05, 0) is 23.3 Å². The highest BCUT2D eigenvalue weighted by Crippen LogP contribution is 2.37. The molecule has 0 fully saturated rings. The zero-order chi connectivity index (χ0) is 14.3. The normalized spacial score (nSPS) is 12.1. The summed E-state index contributed by atoms with van der Waals surface area (Å²) in [5.41, 5.74) is 1.98. The lowest BCUT2D eigenvalue weighted by Crippen LogP contribution is -2.20. The van der Waals surface area contributed by atoms with Gasteiger partial charge in [-0.2, -0.15) is 0 Å². The number of benzene rings is 2. The Hall–Kier alpha value is -3.38. The summed E-state index contributed by atoms with van der Waals surface area (Å²) in [4.78, 5) is 30.2. The number of ketones is 2. The molecule has 0 bridgehead atoms. The van der Waals surface area contributed by atoms with Crippen LogP contribution in [0.25, 0.3) is 21.1 Å². The zero-order valence-corrected chi connectivity index (χ0v) is 10.1. The first-order valence-electron chi connectivity index (χ1n) is 5.73. The molecule has 0 unspecified atom stereocenters. The van der Waals surface area contributed by atoms with Crippen LogP contribution in [0.15, 0.2) is 36.4 Å². The van der Waals surface area contributed by atoms with Crippen LogP contribution in [0.3, 0.4) is 0 Å². The average molecular weight is 262 g/mol. The predicted octanol–water partition coefficient (Wildman–Crippen LogP) is 3.70. The molecule has 2 aromatic carbocycles. The Morgan fingerprint density at radius 2 is 1.05 bits per heavy atom. The van der Waals surface area contributed by atoms with Crippen LogP contribution in [0.2, 0.25) is 0 Å². The highest BCUT2D eigenvalue weighted by molar-refractivity contribution is 6.53. The van der Waals surface area contributed by atoms with Crippen LogP contribution in [-0.4, -0.2) is 11.6 Å². The summed E-state index contributed by atoms with van der Waals surface area (Å²) in [6.07, 6.45) is 0. The molecule has 6 heteroatoms. The minimum Gasteiger partial charge on any atom is -0.285 e. The van der Waals surface area contributed by atoms with Gasteiger partial charge in [-0.3, -0.25) is 9.59 Å². The van der Waals surface area contributed by atoms with E-state index in [1.54, 1.807) is 12.1 Å². The van der Waals surface area contributed by atoms with E-state index in [1.807, 2.05) is 0 Å². The fourth-order valence-corrected chi connectivity index (χ4v) is 2.28. The summed E-state index contributed by atoms with van der Waals surface area (Å²) in [6, 6.07) is 9.03. The van der Waals surface area contributed by atoms with Crippen LogP contribution in [-0.2, 0) is 0 Å². The molecule has 1 aliphatic rings. The first-order chi connectivity index (χ1) is 9.65. The quantitative estimate of drug-likeness (QED) is 0.534. The molecule has 0 aliphatic heterocycles. The minimum atomic E-state index is -0.673. The van der Waals surface area contributed by atoms with Crippen LogP contribution >= 0.6 is 0 Å². The van der Waals surface area contributed by atoms with Crippen LogP contribution in [0.1, 0.15) is 20.7 Å². The molecule has 0 spiro atoms. The third-order valence-corrected chi connectivity index (χ3v) is 3.22. The van der Waals surface area contributed by atoms with Gasteiger partial charge in [0, 0.05) is 35.4 Å². The average Bonchev–Trinajstić information content (AvgIpc) is 2.51. The molecular formula is C14H6N4O2+2. The molecule has 0 atom stereocenters. The van der Waals surface area contributed by atoms with Crippen molar-refractivity contribution in [2.24, 2.45) is 0 Å². The predicted molar refractivity (Wildman–Crippen MR) is 70.0 cm³/mol. The summed E-state index contributed by atoms with van der Waals surface area (Å²) in [5.74, 6) is -1.35. The van der Waals surface area contributed by atoms with Crippen LogP contribution in [0.5, 0.6) is 0 Å². The Balaban J connectivity index is 2.34. The number of fused-ring (bicyclic) bond motifs is 3. The van der Waals surface area contributed by atoms with Crippen molar-refractivity contribution in [3.05, 3.63) is 57.5 Å². The zero-order valence-electron chi connectivity index (χ0n) is 10.1. The van der Waals surface area contributed by atoms with Crippen LogP contribution in [0.4, 0.5) is 11.4 Å². The van der Waals surface area contributed by atoms with Crippen molar-refractivity contribution in [2.75, 3.05) is 0 Å². The Labute approximate surface area is 112 Å². The Morgan fingerprint density at radius 3 is 1.40 bits per heavy atom. The van der Waals surface area contributed by atoms with E-state index in [9.17, 15) is 9.59 Å². The molecule has 92 valence electrons. The first kappa shape index (κ1) is 11.7. The lowest BCUT2D eigenvalue weighted by atomic mass is 9.83. The summed E-state index contributed by atoms with van der Waals surface area (Å²) >= 11 is 0. The van der Waals surface area contributed by atoms with Gasteiger partial charge in [0.2, 0.25) is 22.4 Å². The summed E-state index contributed by atoms with van der Waals surface area (Å²) < 4.78 is 0. The molecule has 6 nitrogen and oxygen atoms in total. The molecule has 0 aromatic heterocycles. The number of rotatable bonds is 0. The highest BCUT2D eigenvalue weighted by atomic mass is 16.2. The standard InChI is InChI=1S/C14H6N4O2/c15-17-7-1-3-9-10-4-2-8(18-16)6-12(10)14(20)13(19)11(9)5-7/h1-6H/q+2. The second-order valence-corrected chi connectivity index (χ2v) is 4.32. The van der Waals surface area contributed by atoms with Gasteiger partial charge in [0.25, 0.3) is 0 Å². The second kappa shape index (κ2) is 4.08. The van der Waals surface area contributed by atoms with Crippen molar-refractivity contribution in [3.63, 3.8) is 0 Å². The number of diazo groups is 2. The van der Waals surface area contributed by atoms with E-state index >= 15 is 0 Å². The molecule has 2 aromatic rings. The van der Waals surface area contributed by atoms with Crippen molar-refractivity contribution in [3.8, 4) is 11.1 Å². The molecule has 1 aliphatic carbocycles. The fraction of sp³-hybridized carbons (Fsp3) is 0. The third kappa shape index (κ3) is 1.49. The Bertz CT molecular complexity index is 798. The van der Waals surface area contributed by atoms with Gasteiger partial charge in [0.1, 0.15) is 0 Å². The monoisotopic (exact) mass is 262 g/mol. The SMILES string of the molecule is N#[N+]c1ccc2c(c1)C(=O)C(=O)c1cc([N+]#N)ccc1-2. The number of nitrogens with zero attached hydrogens (tertiary/aromatic N) is 4. The molecule has 0 heterocycles. The molecule has 0 saturated carbocycles. The topological polar surface area (TPSA) is 90.4 Å². The van der Waals surface area contributed by atoms with Crippen LogP contribution in [0, 0.1) is 10.8 Å². The maximum atomic E-state index is 12.1. The van der Waals surface area contributed by atoms with E-state index < -0.39 is 11.6 Å². The largest absolute Gasteiger partial charge is 0.385 e. The summed E-state index contributed by atoms with van der Waals surface area (Å²) in [7, 11) is 0. The van der Waals surface area contributed by atoms with Gasteiger partial charge in [-0.1, -0.05) is 0 Å². The molecule has 0 radical (unpaired) electrons. The van der Waals surface area contributed by atoms with Crippen molar-refractivity contribution < 1.29 is 9.59 Å². The van der Waals surface area contributed by atoms with E-state index in [1.165, 1.54) is 24.3 Å². The van der Waals surface area contributed by atoms with Gasteiger partial charge in [-0.25, -0.2) is 0 Å². The lowest BCUT2D eigenvalue weighted by molar-refractivity contribution is 0.0815. The second-order valence-electron chi connectivity index (χ2n) is 4.32. The minimum absolute atomic E-state index is 0.200. The fourth-order valence-electron chi connectivity index (χ4n) is 2.28. The van der Waals surface area contributed by atoms with E-state index in [0.29, 0.717) is 11.1 Å². The van der Waals surface area contributed by atoms with E-state index in [0.717, 1.165) is 0 Å². The molecule has 0 saturated heterocycles. The maximum absolute atomic E-state index is 12.1. The van der Waals surface area contributed by atoms with Crippen LogP contribution < -0.4 is 0 Å². The molecule has 0 N–H and O–H groups in total.